The molecule has 0 aromatic heterocycles. The molecule has 0 aliphatic rings. The molecule has 0 unspecified atom stereocenters. The van der Waals surface area contributed by atoms with Crippen molar-refractivity contribution >= 4 is 23.5 Å². The summed E-state index contributed by atoms with van der Waals surface area (Å²) in [6.45, 7) is 0.0253. The van der Waals surface area contributed by atoms with E-state index in [-0.39, 0.29) is 16.7 Å². The van der Waals surface area contributed by atoms with Crippen LogP contribution in [0.4, 0.5) is 4.39 Å². The highest BCUT2D eigenvalue weighted by atomic mass is 35.5. The molecular formula is C29H31ClFNO4. The van der Waals surface area contributed by atoms with Crippen molar-refractivity contribution in [1.82, 2.24) is 5.32 Å². The Hall–Kier alpha value is -3.38. The lowest BCUT2D eigenvalue weighted by Crippen LogP contribution is -2.24. The van der Waals surface area contributed by atoms with Gasteiger partial charge < -0.3 is 15.2 Å². The summed E-state index contributed by atoms with van der Waals surface area (Å²) >= 11 is 5.92. The number of aliphatic carboxylic acids is 1. The van der Waals surface area contributed by atoms with Gasteiger partial charge in [0.2, 0.25) is 0 Å². The highest BCUT2D eigenvalue weighted by Gasteiger charge is 2.14. The maximum absolute atomic E-state index is 13.6. The van der Waals surface area contributed by atoms with Gasteiger partial charge >= 0.3 is 5.97 Å². The molecule has 0 fully saturated rings. The summed E-state index contributed by atoms with van der Waals surface area (Å²) in [5, 5.41) is 11.8. The fraction of sp³-hybridized carbons (Fsp3) is 0.310. The maximum Gasteiger partial charge on any atom is 0.341 e. The van der Waals surface area contributed by atoms with E-state index in [0.717, 1.165) is 25.7 Å². The minimum atomic E-state index is -1.13. The zero-order valence-corrected chi connectivity index (χ0v) is 20.9. The molecule has 1 amide bonds. The third-order valence-corrected chi connectivity index (χ3v) is 6.13. The van der Waals surface area contributed by atoms with E-state index >= 15 is 0 Å². The first-order valence-corrected chi connectivity index (χ1v) is 12.6. The van der Waals surface area contributed by atoms with E-state index in [1.165, 1.54) is 43.0 Å². The van der Waals surface area contributed by atoms with Gasteiger partial charge in [-0.1, -0.05) is 73.7 Å². The third kappa shape index (κ3) is 8.68. The molecule has 36 heavy (non-hydrogen) atoms. The van der Waals surface area contributed by atoms with Gasteiger partial charge in [0.15, 0.2) is 6.61 Å². The van der Waals surface area contributed by atoms with Gasteiger partial charge in [-0.05, 0) is 60.7 Å². The number of carboxylic acid groups (broad SMARTS) is 1. The largest absolute Gasteiger partial charge is 0.481 e. The van der Waals surface area contributed by atoms with Crippen LogP contribution in [-0.2, 0) is 11.2 Å². The number of amides is 1. The van der Waals surface area contributed by atoms with Gasteiger partial charge in [0.25, 0.3) is 5.91 Å². The standard InChI is InChI=1S/C29H31ClFNO4/c30-25-19-22(13-15-26(25)31)24-18-23(14-16-27(24)36-20-28(33)34)29(35)32-17-9-4-2-1-3-6-10-21-11-7-5-8-12-21/h5,7-8,11-16,18-19H,1-4,6,9-10,17,20H2,(H,32,35)(H,33,34). The van der Waals surface area contributed by atoms with E-state index in [1.54, 1.807) is 18.2 Å². The number of carbonyl (C=O) groups is 2. The third-order valence-electron chi connectivity index (χ3n) is 5.84. The predicted molar refractivity (Wildman–Crippen MR) is 140 cm³/mol. The Morgan fingerprint density at radius 1 is 0.889 bits per heavy atom. The fourth-order valence-corrected chi connectivity index (χ4v) is 4.12. The zero-order valence-electron chi connectivity index (χ0n) is 20.1. The molecule has 3 aromatic carbocycles. The maximum atomic E-state index is 13.6. The lowest BCUT2D eigenvalue weighted by atomic mass is 10.0. The number of aryl methyl sites for hydroxylation is 1. The van der Waals surface area contributed by atoms with Crippen LogP contribution in [0.1, 0.15) is 54.4 Å². The second-order valence-electron chi connectivity index (χ2n) is 8.64. The molecule has 3 rings (SSSR count). The summed E-state index contributed by atoms with van der Waals surface area (Å²) in [6, 6.07) is 19.4. The summed E-state index contributed by atoms with van der Waals surface area (Å²) in [7, 11) is 0. The van der Waals surface area contributed by atoms with Gasteiger partial charge in [0.05, 0.1) is 5.02 Å². The molecule has 0 bridgehead atoms. The molecule has 190 valence electrons. The van der Waals surface area contributed by atoms with Crippen LogP contribution in [0.15, 0.2) is 66.7 Å². The van der Waals surface area contributed by atoms with Gasteiger partial charge in [0, 0.05) is 17.7 Å². The van der Waals surface area contributed by atoms with Gasteiger partial charge in [-0.15, -0.1) is 0 Å². The monoisotopic (exact) mass is 511 g/mol. The molecule has 0 atom stereocenters. The van der Waals surface area contributed by atoms with Crippen molar-refractivity contribution in [3.05, 3.63) is 88.7 Å². The number of nitrogens with one attached hydrogen (secondary N) is 1. The first-order chi connectivity index (χ1) is 17.4. The average molecular weight is 512 g/mol. The average Bonchev–Trinajstić information content (AvgIpc) is 2.88. The fourth-order valence-electron chi connectivity index (χ4n) is 3.94. The number of halogens is 2. The molecule has 7 heteroatoms. The number of carbonyl (C=O) groups excluding carboxylic acids is 1. The van der Waals surface area contributed by atoms with E-state index in [1.807, 2.05) is 6.07 Å². The van der Waals surface area contributed by atoms with Crippen LogP contribution >= 0.6 is 11.6 Å². The molecule has 0 aliphatic heterocycles. The second kappa shape index (κ2) is 14.2. The van der Waals surface area contributed by atoms with Crippen LogP contribution in [0, 0.1) is 5.82 Å². The van der Waals surface area contributed by atoms with Gasteiger partial charge in [-0.25, -0.2) is 9.18 Å². The SMILES string of the molecule is O=C(O)COc1ccc(C(=O)NCCCCCCCCc2ccccc2)cc1-c1ccc(F)c(Cl)c1. The first-order valence-electron chi connectivity index (χ1n) is 12.2. The summed E-state index contributed by atoms with van der Waals surface area (Å²) in [6.07, 6.45) is 7.76. The highest BCUT2D eigenvalue weighted by molar-refractivity contribution is 6.31. The lowest BCUT2D eigenvalue weighted by Gasteiger charge is -2.13. The summed E-state index contributed by atoms with van der Waals surface area (Å²) < 4.78 is 19.0. The summed E-state index contributed by atoms with van der Waals surface area (Å²) in [5.41, 5.74) is 2.76. The van der Waals surface area contributed by atoms with Crippen molar-refractivity contribution in [3.8, 4) is 16.9 Å². The van der Waals surface area contributed by atoms with Gasteiger partial charge in [-0.2, -0.15) is 0 Å². The van der Waals surface area contributed by atoms with E-state index in [9.17, 15) is 14.0 Å². The Morgan fingerprint density at radius 2 is 1.61 bits per heavy atom. The minimum Gasteiger partial charge on any atom is -0.481 e. The number of benzene rings is 3. The van der Waals surface area contributed by atoms with Crippen molar-refractivity contribution in [2.75, 3.05) is 13.2 Å². The van der Waals surface area contributed by atoms with E-state index in [4.69, 9.17) is 21.4 Å². The van der Waals surface area contributed by atoms with Gasteiger partial charge in [0.1, 0.15) is 11.6 Å². The lowest BCUT2D eigenvalue weighted by molar-refractivity contribution is -0.139. The molecule has 0 saturated heterocycles. The second-order valence-corrected chi connectivity index (χ2v) is 9.04. The number of hydrogen-bond acceptors (Lipinski definition) is 3. The molecule has 0 heterocycles. The van der Waals surface area contributed by atoms with Crippen LogP contribution in [0.3, 0.4) is 0 Å². The molecular weight excluding hydrogens is 481 g/mol. The normalized spacial score (nSPS) is 10.7. The Kier molecular flexibility index (Phi) is 10.8. The summed E-state index contributed by atoms with van der Waals surface area (Å²) in [5.74, 6) is -1.67. The van der Waals surface area contributed by atoms with Crippen molar-refractivity contribution in [2.24, 2.45) is 0 Å². The number of carboxylic acids is 1. The first kappa shape index (κ1) is 27.2. The molecule has 3 aromatic rings. The Balaban J connectivity index is 1.47. The predicted octanol–water partition coefficient (Wildman–Crippen LogP) is 6.92. The van der Waals surface area contributed by atoms with Crippen LogP contribution in [0.5, 0.6) is 5.75 Å². The number of rotatable bonds is 14. The molecule has 2 N–H and O–H groups in total. The van der Waals surface area contributed by atoms with Crippen LogP contribution < -0.4 is 10.1 Å². The van der Waals surface area contributed by atoms with Crippen molar-refractivity contribution < 1.29 is 23.8 Å². The Bertz CT molecular complexity index is 1150. The Labute approximate surface area is 216 Å². The smallest absolute Gasteiger partial charge is 0.341 e. The van der Waals surface area contributed by atoms with E-state index < -0.39 is 18.4 Å². The number of ether oxygens (including phenoxy) is 1. The van der Waals surface area contributed by atoms with Crippen molar-refractivity contribution in [1.29, 1.82) is 0 Å². The molecule has 5 nitrogen and oxygen atoms in total. The minimum absolute atomic E-state index is 0.0772. The Morgan fingerprint density at radius 3 is 2.33 bits per heavy atom. The van der Waals surface area contributed by atoms with Crippen LogP contribution in [-0.4, -0.2) is 30.1 Å². The van der Waals surface area contributed by atoms with Crippen molar-refractivity contribution in [2.45, 2.75) is 44.9 Å². The quantitative estimate of drug-likeness (QED) is 0.230. The number of hydrogen-bond donors (Lipinski definition) is 2. The number of unbranched alkanes of at least 4 members (excludes halogenated alkanes) is 5. The molecule has 0 spiro atoms. The molecule has 0 radical (unpaired) electrons. The topological polar surface area (TPSA) is 75.6 Å². The van der Waals surface area contributed by atoms with E-state index in [0.29, 0.717) is 23.2 Å². The summed E-state index contributed by atoms with van der Waals surface area (Å²) in [4.78, 5) is 23.6. The van der Waals surface area contributed by atoms with E-state index in [2.05, 4.69) is 29.6 Å². The zero-order chi connectivity index (χ0) is 25.8. The van der Waals surface area contributed by atoms with Crippen LogP contribution in [0.25, 0.3) is 11.1 Å². The highest BCUT2D eigenvalue weighted by Crippen LogP contribution is 2.33. The van der Waals surface area contributed by atoms with Gasteiger partial charge in [-0.3, -0.25) is 4.79 Å². The molecule has 0 saturated carbocycles. The van der Waals surface area contributed by atoms with Crippen LogP contribution in [0.2, 0.25) is 5.02 Å². The van der Waals surface area contributed by atoms with Crippen molar-refractivity contribution in [3.63, 3.8) is 0 Å². The molecule has 0 aliphatic carbocycles.